The molecule has 0 saturated carbocycles. The number of carboxylic acids is 1. The van der Waals surface area contributed by atoms with Gasteiger partial charge in [-0.15, -0.1) is 0 Å². The average molecular weight is 362 g/mol. The lowest BCUT2D eigenvalue weighted by Gasteiger charge is -2.13. The van der Waals surface area contributed by atoms with Crippen molar-refractivity contribution in [3.63, 3.8) is 0 Å². The number of benzene rings is 1. The second kappa shape index (κ2) is 8.75. The van der Waals surface area contributed by atoms with E-state index in [0.29, 0.717) is 29.2 Å². The Morgan fingerprint density at radius 1 is 1.35 bits per heavy atom. The molecule has 0 bridgehead atoms. The van der Waals surface area contributed by atoms with Gasteiger partial charge in [-0.2, -0.15) is 5.10 Å². The molecule has 1 aromatic carbocycles. The maximum atomic E-state index is 10.5. The monoisotopic (exact) mass is 362 g/mol. The summed E-state index contributed by atoms with van der Waals surface area (Å²) in [5.74, 6) is 0.923. The number of aromatic nitrogens is 2. The van der Waals surface area contributed by atoms with E-state index in [1.54, 1.807) is 24.5 Å². The van der Waals surface area contributed by atoms with Gasteiger partial charge in [-0.05, 0) is 13.3 Å². The number of rotatable bonds is 9. The maximum absolute atomic E-state index is 10.5. The molecule has 0 unspecified atom stereocenters. The summed E-state index contributed by atoms with van der Waals surface area (Å²) in [6.07, 6.45) is 3.71. The van der Waals surface area contributed by atoms with E-state index >= 15 is 0 Å². The van der Waals surface area contributed by atoms with Crippen molar-refractivity contribution in [2.24, 2.45) is 5.10 Å². The van der Waals surface area contributed by atoms with E-state index < -0.39 is 5.97 Å². The van der Waals surface area contributed by atoms with Crippen molar-refractivity contribution in [3.8, 4) is 17.2 Å². The summed E-state index contributed by atoms with van der Waals surface area (Å²) < 4.78 is 17.8. The van der Waals surface area contributed by atoms with Gasteiger partial charge in [-0.1, -0.05) is 0 Å². The van der Waals surface area contributed by atoms with E-state index in [1.165, 1.54) is 18.9 Å². The number of carbonyl (C=O) groups is 1. The van der Waals surface area contributed by atoms with Gasteiger partial charge in [-0.3, -0.25) is 4.79 Å². The highest BCUT2D eigenvalue weighted by atomic mass is 16.5. The van der Waals surface area contributed by atoms with E-state index in [1.807, 2.05) is 6.92 Å². The number of hydrogen-bond donors (Lipinski definition) is 2. The number of ether oxygens (including phenoxy) is 3. The average Bonchev–Trinajstić information content (AvgIpc) is 2.93. The Morgan fingerprint density at radius 3 is 2.50 bits per heavy atom. The minimum absolute atomic E-state index is 0.0464. The van der Waals surface area contributed by atoms with Crippen molar-refractivity contribution in [1.82, 2.24) is 9.66 Å². The van der Waals surface area contributed by atoms with Crippen LogP contribution < -0.4 is 19.9 Å². The van der Waals surface area contributed by atoms with Crippen LogP contribution in [0, 0.1) is 6.92 Å². The van der Waals surface area contributed by atoms with E-state index in [0.717, 1.165) is 5.69 Å². The van der Waals surface area contributed by atoms with Crippen LogP contribution in [0.25, 0.3) is 0 Å². The Hall–Kier alpha value is -3.23. The number of nitrogens with zero attached hydrogens (tertiary/aromatic N) is 3. The summed E-state index contributed by atoms with van der Waals surface area (Å²) in [6.45, 7) is 2.09. The number of nitrogens with two attached hydrogens (primary N) is 1. The van der Waals surface area contributed by atoms with Crippen molar-refractivity contribution < 1.29 is 24.1 Å². The Labute approximate surface area is 151 Å². The molecule has 0 aliphatic carbocycles. The van der Waals surface area contributed by atoms with Gasteiger partial charge in [0.25, 0.3) is 0 Å². The van der Waals surface area contributed by atoms with Crippen molar-refractivity contribution in [2.75, 3.05) is 26.6 Å². The van der Waals surface area contributed by atoms with Gasteiger partial charge < -0.3 is 25.1 Å². The summed E-state index contributed by atoms with van der Waals surface area (Å²) in [5, 5.41) is 12.9. The van der Waals surface area contributed by atoms with Gasteiger partial charge >= 0.3 is 5.97 Å². The third kappa shape index (κ3) is 4.88. The van der Waals surface area contributed by atoms with Crippen LogP contribution in [0.3, 0.4) is 0 Å². The molecule has 1 aromatic heterocycles. The molecule has 26 heavy (non-hydrogen) atoms. The van der Waals surface area contributed by atoms with E-state index in [9.17, 15) is 4.79 Å². The molecular weight excluding hydrogens is 340 g/mol. The Kier molecular flexibility index (Phi) is 6.42. The number of nitrogen functional groups attached to an aromatic ring is 1. The van der Waals surface area contributed by atoms with Crippen LogP contribution in [0.15, 0.2) is 23.4 Å². The molecule has 0 atom stereocenters. The predicted octanol–water partition coefficient (Wildman–Crippen LogP) is 1.92. The molecule has 0 fully saturated rings. The molecule has 1 heterocycles. The first kappa shape index (κ1) is 19.1. The van der Waals surface area contributed by atoms with Crippen molar-refractivity contribution in [3.05, 3.63) is 29.6 Å². The molecule has 2 aromatic rings. The van der Waals surface area contributed by atoms with Crippen molar-refractivity contribution in [2.45, 2.75) is 19.8 Å². The highest BCUT2D eigenvalue weighted by Crippen LogP contribution is 2.33. The number of methoxy groups -OCH3 is 2. The van der Waals surface area contributed by atoms with Gasteiger partial charge in [0.05, 0.1) is 44.5 Å². The molecule has 9 nitrogen and oxygen atoms in total. The standard InChI is InChI=1S/C17H22N4O5/c1-11-10-21(17(18)20-11)19-9-13-14(24-2)7-12(8-15(13)25-3)26-6-4-5-16(22)23/h7-10H,4-6H2,1-3H3,(H2,18,20)(H,22,23). The van der Waals surface area contributed by atoms with Crippen LogP contribution in [-0.2, 0) is 4.79 Å². The van der Waals surface area contributed by atoms with Crippen LogP contribution in [0.1, 0.15) is 24.1 Å². The predicted molar refractivity (Wildman–Crippen MR) is 96.3 cm³/mol. The number of aliphatic carboxylic acids is 1. The molecule has 0 saturated heterocycles. The van der Waals surface area contributed by atoms with Gasteiger partial charge in [0, 0.05) is 18.6 Å². The lowest BCUT2D eigenvalue weighted by Crippen LogP contribution is -2.04. The van der Waals surface area contributed by atoms with E-state index in [-0.39, 0.29) is 19.0 Å². The molecule has 3 N–H and O–H groups in total. The second-order valence-corrected chi connectivity index (χ2v) is 5.42. The lowest BCUT2D eigenvalue weighted by atomic mass is 10.2. The SMILES string of the molecule is COc1cc(OCCCC(=O)O)cc(OC)c1C=Nn1cc(C)nc1N. The van der Waals surface area contributed by atoms with E-state index in [4.69, 9.17) is 25.1 Å². The van der Waals surface area contributed by atoms with Crippen LogP contribution in [0.4, 0.5) is 5.95 Å². The van der Waals surface area contributed by atoms with Gasteiger partial charge in [0.15, 0.2) is 0 Å². The number of hydrogen-bond acceptors (Lipinski definition) is 7. The first-order valence-corrected chi connectivity index (χ1v) is 7.91. The highest BCUT2D eigenvalue weighted by molar-refractivity contribution is 5.88. The maximum Gasteiger partial charge on any atom is 0.303 e. The zero-order valence-corrected chi connectivity index (χ0v) is 14.9. The number of imidazole rings is 1. The van der Waals surface area contributed by atoms with Gasteiger partial charge in [-0.25, -0.2) is 9.66 Å². The minimum Gasteiger partial charge on any atom is -0.496 e. The minimum atomic E-state index is -0.857. The Morgan fingerprint density at radius 2 is 2.00 bits per heavy atom. The van der Waals surface area contributed by atoms with E-state index in [2.05, 4.69) is 10.1 Å². The van der Waals surface area contributed by atoms with Crippen molar-refractivity contribution >= 4 is 18.1 Å². The van der Waals surface area contributed by atoms with Crippen LogP contribution in [0.5, 0.6) is 17.2 Å². The molecular formula is C17H22N4O5. The summed E-state index contributed by atoms with van der Waals surface area (Å²) in [5.41, 5.74) is 7.14. The largest absolute Gasteiger partial charge is 0.496 e. The number of anilines is 1. The molecule has 140 valence electrons. The van der Waals surface area contributed by atoms with Gasteiger partial charge in [0.2, 0.25) is 5.95 Å². The molecule has 2 rings (SSSR count). The lowest BCUT2D eigenvalue weighted by molar-refractivity contribution is -0.137. The molecule has 0 radical (unpaired) electrons. The third-order valence-electron chi connectivity index (χ3n) is 3.47. The molecule has 0 amide bonds. The van der Waals surface area contributed by atoms with Crippen LogP contribution in [-0.4, -0.2) is 47.8 Å². The molecule has 0 aliphatic heterocycles. The Bertz CT molecular complexity index is 775. The normalized spacial score (nSPS) is 10.9. The highest BCUT2D eigenvalue weighted by Gasteiger charge is 2.12. The van der Waals surface area contributed by atoms with Crippen LogP contribution >= 0.6 is 0 Å². The first-order chi connectivity index (χ1) is 12.4. The topological polar surface area (TPSA) is 121 Å². The summed E-state index contributed by atoms with van der Waals surface area (Å²) >= 11 is 0. The number of carboxylic acid groups (broad SMARTS) is 1. The zero-order chi connectivity index (χ0) is 19.1. The van der Waals surface area contributed by atoms with Crippen LogP contribution in [0.2, 0.25) is 0 Å². The summed E-state index contributed by atoms with van der Waals surface area (Å²) in [6, 6.07) is 3.38. The second-order valence-electron chi connectivity index (χ2n) is 5.42. The first-order valence-electron chi connectivity index (χ1n) is 7.91. The molecule has 9 heteroatoms. The smallest absolute Gasteiger partial charge is 0.303 e. The summed E-state index contributed by atoms with van der Waals surface area (Å²) in [7, 11) is 3.05. The molecule has 0 spiro atoms. The van der Waals surface area contributed by atoms with Crippen molar-refractivity contribution in [1.29, 1.82) is 0 Å². The molecule has 0 aliphatic rings. The Balaban J connectivity index is 2.22. The third-order valence-corrected chi connectivity index (χ3v) is 3.47. The summed E-state index contributed by atoms with van der Waals surface area (Å²) in [4.78, 5) is 14.6. The fourth-order valence-corrected chi connectivity index (χ4v) is 2.26. The van der Waals surface area contributed by atoms with Gasteiger partial charge in [0.1, 0.15) is 17.2 Å². The fraction of sp³-hybridized carbons (Fsp3) is 0.353. The number of aryl methyl sites for hydroxylation is 1. The zero-order valence-electron chi connectivity index (χ0n) is 14.9. The quantitative estimate of drug-likeness (QED) is 0.516. The fourth-order valence-electron chi connectivity index (χ4n) is 2.26.